The third kappa shape index (κ3) is 5.22. The third-order valence-corrected chi connectivity index (χ3v) is 13.6. The van der Waals surface area contributed by atoms with Gasteiger partial charge in [-0.1, -0.05) is 92.3 Å². The van der Waals surface area contributed by atoms with Crippen molar-refractivity contribution in [2.75, 3.05) is 11.4 Å². The minimum atomic E-state index is 0.265. The Bertz CT molecular complexity index is 2160. The lowest BCUT2D eigenvalue weighted by molar-refractivity contribution is 0.201. The maximum absolute atomic E-state index is 3.40. The van der Waals surface area contributed by atoms with Crippen LogP contribution in [0.5, 0.6) is 0 Å². The molecule has 0 radical (unpaired) electrons. The summed E-state index contributed by atoms with van der Waals surface area (Å²) in [5.74, 6) is 1.95. The minimum absolute atomic E-state index is 0.265. The molecule has 4 atom stereocenters. The molecule has 3 aromatic rings. The second-order valence-electron chi connectivity index (χ2n) is 16.7. The molecule has 10 rings (SSSR count). The number of fused-ring (bicyclic) bond motifs is 6. The molecule has 1 N–H and O–H groups in total. The summed E-state index contributed by atoms with van der Waals surface area (Å²) in [4.78, 5) is 2.69. The Morgan fingerprint density at radius 1 is 0.846 bits per heavy atom. The first-order chi connectivity index (χ1) is 25.5. The first-order valence-electron chi connectivity index (χ1n) is 20.0. The van der Waals surface area contributed by atoms with Crippen molar-refractivity contribution in [1.29, 1.82) is 0 Å². The van der Waals surface area contributed by atoms with Crippen LogP contribution in [-0.2, 0) is 12.8 Å². The molecule has 2 aromatic carbocycles. The van der Waals surface area contributed by atoms with Gasteiger partial charge in [-0.05, 0) is 157 Å². The van der Waals surface area contributed by atoms with E-state index in [-0.39, 0.29) is 11.5 Å². The molecule has 0 amide bonds. The van der Waals surface area contributed by atoms with Crippen molar-refractivity contribution in [3.05, 3.63) is 160 Å². The number of nitrogens with zero attached hydrogens (tertiary/aromatic N) is 2. The molecule has 1 saturated carbocycles. The predicted octanol–water partition coefficient (Wildman–Crippen LogP) is 11.3. The number of hydrogen-bond acceptors (Lipinski definition) is 2. The van der Waals surface area contributed by atoms with E-state index < -0.39 is 0 Å². The van der Waals surface area contributed by atoms with Gasteiger partial charge in [0.2, 0.25) is 0 Å². The van der Waals surface area contributed by atoms with Crippen molar-refractivity contribution in [2.24, 2.45) is 23.2 Å². The Morgan fingerprint density at radius 2 is 1.73 bits per heavy atom. The molecule has 1 fully saturated rings. The second-order valence-corrected chi connectivity index (χ2v) is 16.7. The van der Waals surface area contributed by atoms with E-state index >= 15 is 0 Å². The van der Waals surface area contributed by atoms with Crippen LogP contribution in [0.2, 0.25) is 0 Å². The zero-order valence-corrected chi connectivity index (χ0v) is 30.8. The van der Waals surface area contributed by atoms with Gasteiger partial charge in [-0.25, -0.2) is 0 Å². The Labute approximate surface area is 310 Å². The smallest absolute Gasteiger partial charge is 0.0557 e. The van der Waals surface area contributed by atoms with Gasteiger partial charge in [-0.2, -0.15) is 0 Å². The molecule has 0 bridgehead atoms. The number of allylic oxidation sites excluding steroid dienone is 10. The van der Waals surface area contributed by atoms with Crippen molar-refractivity contribution >= 4 is 23.4 Å². The van der Waals surface area contributed by atoms with Gasteiger partial charge >= 0.3 is 0 Å². The van der Waals surface area contributed by atoms with E-state index in [1.165, 1.54) is 74.7 Å². The van der Waals surface area contributed by atoms with Crippen molar-refractivity contribution in [3.63, 3.8) is 0 Å². The zero-order chi connectivity index (χ0) is 34.8. The molecule has 6 aliphatic carbocycles. The second kappa shape index (κ2) is 12.7. The summed E-state index contributed by atoms with van der Waals surface area (Å²) in [5, 5.41) is 3.40. The number of nitrogens with one attached hydrogen (secondary N) is 1. The summed E-state index contributed by atoms with van der Waals surface area (Å²) in [6.45, 7) is 6.12. The van der Waals surface area contributed by atoms with Crippen LogP contribution < -0.4 is 10.2 Å². The summed E-state index contributed by atoms with van der Waals surface area (Å²) in [6, 6.07) is 20.7. The average Bonchev–Trinajstić information content (AvgIpc) is 3.91. The van der Waals surface area contributed by atoms with Gasteiger partial charge < -0.3 is 14.8 Å². The number of para-hydroxylation sites is 1. The number of hydrogen-bond donors (Lipinski definition) is 1. The summed E-state index contributed by atoms with van der Waals surface area (Å²) in [5.41, 5.74) is 17.5. The summed E-state index contributed by atoms with van der Waals surface area (Å²) < 4.78 is 2.53. The average molecular weight is 682 g/mol. The third-order valence-electron chi connectivity index (χ3n) is 13.6. The molecule has 2 heterocycles. The van der Waals surface area contributed by atoms with Gasteiger partial charge in [-0.15, -0.1) is 0 Å². The van der Waals surface area contributed by atoms with E-state index in [1.807, 2.05) is 0 Å². The van der Waals surface area contributed by atoms with Gasteiger partial charge in [0.1, 0.15) is 0 Å². The zero-order valence-electron chi connectivity index (χ0n) is 30.8. The standard InChI is InChI=1S/C49H51N3/c1-49(2)45-14-8-6-12-41(45)42-26-25-40(31-46(42)49)51(39-23-18-34(19-24-39)36-28-29-50-32-36)38-21-16-33(17-22-38)35-20-27-48-44(30-35)43-13-7-9-15-47(43)52(48)37-10-4-3-5-11-37/h3-5,8-11,14-19,21,23-26,30,32,38,41,45-46,50H,6-7,12-13,20,22,27-29,31H2,1-2H3. The van der Waals surface area contributed by atoms with E-state index in [0.717, 1.165) is 51.5 Å². The van der Waals surface area contributed by atoms with E-state index in [9.17, 15) is 0 Å². The molecular weight excluding hydrogens is 631 g/mol. The molecule has 262 valence electrons. The van der Waals surface area contributed by atoms with E-state index in [2.05, 4.69) is 150 Å². The molecule has 1 aromatic heterocycles. The lowest BCUT2D eigenvalue weighted by atomic mass is 9.70. The highest BCUT2D eigenvalue weighted by molar-refractivity contribution is 5.75. The maximum atomic E-state index is 3.40. The van der Waals surface area contributed by atoms with Crippen molar-refractivity contribution < 1.29 is 0 Å². The van der Waals surface area contributed by atoms with E-state index in [0.29, 0.717) is 17.8 Å². The van der Waals surface area contributed by atoms with Crippen LogP contribution in [0.1, 0.15) is 86.9 Å². The fraction of sp³-hybridized carbons (Fsp3) is 0.347. The molecule has 0 saturated heterocycles. The molecule has 3 nitrogen and oxygen atoms in total. The van der Waals surface area contributed by atoms with E-state index in [1.54, 1.807) is 5.57 Å². The molecule has 0 spiro atoms. The number of rotatable bonds is 6. The topological polar surface area (TPSA) is 20.2 Å². The predicted molar refractivity (Wildman–Crippen MR) is 218 cm³/mol. The van der Waals surface area contributed by atoms with Crippen molar-refractivity contribution in [1.82, 2.24) is 9.88 Å². The van der Waals surface area contributed by atoms with Gasteiger partial charge in [-0.3, -0.25) is 0 Å². The van der Waals surface area contributed by atoms with Crippen molar-refractivity contribution in [3.8, 4) is 5.69 Å². The number of anilines is 1. The fourth-order valence-corrected chi connectivity index (χ4v) is 10.9. The largest absolute Gasteiger partial charge is 0.390 e. The molecule has 7 aliphatic rings. The van der Waals surface area contributed by atoms with Crippen LogP contribution in [0, 0.1) is 23.2 Å². The van der Waals surface area contributed by atoms with Crippen LogP contribution in [0.25, 0.3) is 23.4 Å². The summed E-state index contributed by atoms with van der Waals surface area (Å²) in [7, 11) is 0. The van der Waals surface area contributed by atoms with Crippen LogP contribution in [0.3, 0.4) is 0 Å². The molecular formula is C49H51N3. The van der Waals surface area contributed by atoms with Gasteiger partial charge in [0.15, 0.2) is 0 Å². The van der Waals surface area contributed by atoms with Crippen LogP contribution in [0.15, 0.2) is 132 Å². The highest BCUT2D eigenvalue weighted by atomic mass is 15.2. The molecule has 3 heteroatoms. The van der Waals surface area contributed by atoms with Gasteiger partial charge in [0, 0.05) is 41.2 Å². The van der Waals surface area contributed by atoms with Crippen LogP contribution in [0.4, 0.5) is 5.69 Å². The van der Waals surface area contributed by atoms with Gasteiger partial charge in [0.05, 0.1) is 6.04 Å². The molecule has 1 aliphatic heterocycles. The lowest BCUT2D eigenvalue weighted by Gasteiger charge is -2.40. The Kier molecular flexibility index (Phi) is 7.81. The Balaban J connectivity index is 0.972. The van der Waals surface area contributed by atoms with Gasteiger partial charge in [0.25, 0.3) is 0 Å². The number of benzene rings is 2. The molecule has 4 unspecified atom stereocenters. The van der Waals surface area contributed by atoms with Crippen LogP contribution in [-0.4, -0.2) is 17.2 Å². The monoisotopic (exact) mass is 681 g/mol. The quantitative estimate of drug-likeness (QED) is 0.261. The molecule has 52 heavy (non-hydrogen) atoms. The summed E-state index contributed by atoms with van der Waals surface area (Å²) in [6.07, 6.45) is 37.1. The lowest BCUT2D eigenvalue weighted by Crippen LogP contribution is -2.37. The summed E-state index contributed by atoms with van der Waals surface area (Å²) >= 11 is 0. The van der Waals surface area contributed by atoms with E-state index in [4.69, 9.17) is 0 Å². The Hall–Kier alpha value is -4.76. The Morgan fingerprint density at radius 3 is 2.54 bits per heavy atom. The highest BCUT2D eigenvalue weighted by Gasteiger charge is 2.52. The first-order valence-corrected chi connectivity index (χ1v) is 20.0. The SMILES string of the molecule is CC1(C)C2CC(N(c3ccc(C4=CNCC4)cc3)C3C=CC(C4=Cc5c6c(n(-c7ccccc7)c5CC4)C=CCC6)=CC3)=CC=C2C2CCC=CC21. The fourth-order valence-electron chi connectivity index (χ4n) is 10.9. The highest BCUT2D eigenvalue weighted by Crippen LogP contribution is 2.60. The maximum Gasteiger partial charge on any atom is 0.0557 e. The normalized spacial score (nSPS) is 26.5. The van der Waals surface area contributed by atoms with Crippen molar-refractivity contribution in [2.45, 2.75) is 77.7 Å². The minimum Gasteiger partial charge on any atom is -0.390 e. The number of aromatic nitrogens is 1. The first kappa shape index (κ1) is 31.9. The van der Waals surface area contributed by atoms with Crippen LogP contribution >= 0.6 is 0 Å².